The van der Waals surface area contributed by atoms with Gasteiger partial charge in [0.2, 0.25) is 0 Å². The number of carbonyl (C=O) groups excluding carboxylic acids is 2. The molecule has 7 heteroatoms. The number of rotatable bonds is 6. The molecule has 0 amide bonds. The topological polar surface area (TPSA) is 106 Å². The summed E-state index contributed by atoms with van der Waals surface area (Å²) in [5.41, 5.74) is 1.23. The van der Waals surface area contributed by atoms with E-state index in [9.17, 15) is 14.4 Å². The molecule has 1 rings (SSSR count). The first-order chi connectivity index (χ1) is 10.3. The van der Waals surface area contributed by atoms with Crippen LogP contribution in [0.15, 0.2) is 5.57 Å². The molecule has 7 nitrogen and oxygen atoms in total. The van der Waals surface area contributed by atoms with Crippen molar-refractivity contribution in [2.24, 2.45) is 0 Å². The Labute approximate surface area is 127 Å². The number of aromatic amines is 1. The van der Waals surface area contributed by atoms with E-state index in [4.69, 9.17) is 14.6 Å². The van der Waals surface area contributed by atoms with E-state index in [1.807, 2.05) is 0 Å². The van der Waals surface area contributed by atoms with Crippen molar-refractivity contribution in [3.8, 4) is 0 Å². The maximum atomic E-state index is 11.9. The van der Waals surface area contributed by atoms with Gasteiger partial charge in [0.15, 0.2) is 0 Å². The van der Waals surface area contributed by atoms with Crippen LogP contribution < -0.4 is 0 Å². The van der Waals surface area contributed by atoms with E-state index < -0.39 is 23.5 Å². The van der Waals surface area contributed by atoms with Crippen LogP contribution in [0, 0.1) is 13.8 Å². The lowest BCUT2D eigenvalue weighted by atomic mass is 10.1. The Bertz CT molecular complexity index is 626. The van der Waals surface area contributed by atoms with E-state index in [1.54, 1.807) is 27.7 Å². The number of hydrogen-bond donors (Lipinski definition) is 2. The lowest BCUT2D eigenvalue weighted by Gasteiger charge is -2.03. The Balaban J connectivity index is 3.29. The maximum absolute atomic E-state index is 11.9. The zero-order valence-corrected chi connectivity index (χ0v) is 13.0. The number of aryl methyl sites for hydroxylation is 1. The van der Waals surface area contributed by atoms with Crippen molar-refractivity contribution in [3.63, 3.8) is 0 Å². The number of aliphatic carboxylic acids is 1. The van der Waals surface area contributed by atoms with Gasteiger partial charge in [-0.1, -0.05) is 0 Å². The Morgan fingerprint density at radius 2 is 1.73 bits per heavy atom. The third-order valence-electron chi connectivity index (χ3n) is 2.97. The molecule has 22 heavy (non-hydrogen) atoms. The van der Waals surface area contributed by atoms with Crippen LogP contribution in [0.5, 0.6) is 0 Å². The fourth-order valence-corrected chi connectivity index (χ4v) is 1.99. The maximum Gasteiger partial charge on any atom is 0.345 e. The molecule has 0 fully saturated rings. The number of carboxylic acids is 1. The summed E-state index contributed by atoms with van der Waals surface area (Å²) < 4.78 is 9.66. The number of carboxylic acid groups (broad SMARTS) is 1. The van der Waals surface area contributed by atoms with Crippen LogP contribution in [-0.4, -0.2) is 41.2 Å². The molecule has 0 bridgehead atoms. The number of H-pyrrole nitrogens is 1. The van der Waals surface area contributed by atoms with E-state index in [-0.39, 0.29) is 13.2 Å². The Morgan fingerprint density at radius 1 is 1.14 bits per heavy atom. The van der Waals surface area contributed by atoms with Crippen LogP contribution >= 0.6 is 0 Å². The fraction of sp³-hybridized carbons (Fsp3) is 0.400. The van der Waals surface area contributed by atoms with E-state index in [0.717, 1.165) is 6.08 Å². The lowest BCUT2D eigenvalue weighted by molar-refractivity contribution is -0.143. The van der Waals surface area contributed by atoms with Crippen molar-refractivity contribution in [2.75, 3.05) is 13.2 Å². The second-order valence-electron chi connectivity index (χ2n) is 4.47. The highest BCUT2D eigenvalue weighted by Crippen LogP contribution is 2.21. The van der Waals surface area contributed by atoms with Crippen molar-refractivity contribution in [2.45, 2.75) is 27.7 Å². The predicted octanol–water partition coefficient (Wildman–Crippen LogP) is 1.84. The summed E-state index contributed by atoms with van der Waals surface area (Å²) >= 11 is 0. The molecule has 0 aliphatic carbocycles. The summed E-state index contributed by atoms with van der Waals surface area (Å²) in [5, 5.41) is 9.12. The van der Waals surface area contributed by atoms with Crippen LogP contribution in [0.4, 0.5) is 0 Å². The van der Waals surface area contributed by atoms with Crippen LogP contribution in [0.1, 0.15) is 41.2 Å². The molecule has 0 saturated heterocycles. The summed E-state index contributed by atoms with van der Waals surface area (Å²) in [6, 6.07) is 0. The van der Waals surface area contributed by atoms with E-state index >= 15 is 0 Å². The van der Waals surface area contributed by atoms with Crippen molar-refractivity contribution in [3.05, 3.63) is 28.1 Å². The monoisotopic (exact) mass is 309 g/mol. The Hall–Kier alpha value is -2.57. The van der Waals surface area contributed by atoms with Crippen molar-refractivity contribution >= 4 is 24.0 Å². The molecule has 1 aromatic heterocycles. The van der Waals surface area contributed by atoms with Gasteiger partial charge >= 0.3 is 17.9 Å². The minimum Gasteiger partial charge on any atom is -0.477 e. The highest BCUT2D eigenvalue weighted by Gasteiger charge is 2.22. The second kappa shape index (κ2) is 7.44. The van der Waals surface area contributed by atoms with E-state index in [1.165, 1.54) is 0 Å². The van der Waals surface area contributed by atoms with Crippen LogP contribution in [0.2, 0.25) is 0 Å². The lowest BCUT2D eigenvalue weighted by Crippen LogP contribution is -2.15. The predicted molar refractivity (Wildman–Crippen MR) is 78.5 cm³/mol. The van der Waals surface area contributed by atoms with Crippen molar-refractivity contribution in [1.82, 2.24) is 4.98 Å². The number of hydrogen-bond acceptors (Lipinski definition) is 5. The third-order valence-corrected chi connectivity index (χ3v) is 2.97. The molecule has 120 valence electrons. The molecule has 0 radical (unpaired) electrons. The van der Waals surface area contributed by atoms with Gasteiger partial charge in [-0.2, -0.15) is 0 Å². The first-order valence-electron chi connectivity index (χ1n) is 6.81. The molecule has 0 aromatic carbocycles. The van der Waals surface area contributed by atoms with Gasteiger partial charge in [0.05, 0.1) is 18.8 Å². The molecular weight excluding hydrogens is 290 g/mol. The van der Waals surface area contributed by atoms with Gasteiger partial charge in [-0.3, -0.25) is 0 Å². The van der Waals surface area contributed by atoms with Gasteiger partial charge in [0.25, 0.3) is 0 Å². The highest BCUT2D eigenvalue weighted by molar-refractivity contribution is 6.17. The van der Waals surface area contributed by atoms with Gasteiger partial charge in [-0.05, 0) is 39.3 Å². The minimum absolute atomic E-state index is 0.0697. The molecule has 0 aliphatic rings. The summed E-state index contributed by atoms with van der Waals surface area (Å²) in [6.07, 6.45) is 1.16. The molecule has 1 aromatic rings. The van der Waals surface area contributed by atoms with Gasteiger partial charge in [0.1, 0.15) is 5.57 Å². The van der Waals surface area contributed by atoms with Gasteiger partial charge in [-0.25, -0.2) is 14.4 Å². The largest absolute Gasteiger partial charge is 0.477 e. The zero-order chi connectivity index (χ0) is 16.9. The minimum atomic E-state index is -1.40. The smallest absolute Gasteiger partial charge is 0.345 e. The third kappa shape index (κ3) is 3.75. The highest BCUT2D eigenvalue weighted by atomic mass is 16.5. The van der Waals surface area contributed by atoms with E-state index in [0.29, 0.717) is 22.5 Å². The number of nitrogens with one attached hydrogen (secondary N) is 1. The number of carbonyl (C=O) groups is 3. The molecule has 2 N–H and O–H groups in total. The quantitative estimate of drug-likeness (QED) is 0.359. The summed E-state index contributed by atoms with van der Waals surface area (Å²) in [7, 11) is 0. The van der Waals surface area contributed by atoms with Gasteiger partial charge in [-0.15, -0.1) is 0 Å². The number of aromatic nitrogens is 1. The standard InChI is InChI=1S/C15H19NO6/c1-5-21-14(19)10(13(17)18)7-11-8(3)12(9(4)16-11)15(20)22-6-2/h7,16H,5-6H2,1-4H3,(H,17,18). The molecule has 0 spiro atoms. The second-order valence-corrected chi connectivity index (χ2v) is 4.47. The molecule has 0 saturated carbocycles. The molecule has 0 atom stereocenters. The Morgan fingerprint density at radius 3 is 2.23 bits per heavy atom. The van der Waals surface area contributed by atoms with E-state index in [2.05, 4.69) is 4.98 Å². The van der Waals surface area contributed by atoms with Crippen LogP contribution in [-0.2, 0) is 19.1 Å². The van der Waals surface area contributed by atoms with Crippen molar-refractivity contribution < 1.29 is 29.0 Å². The van der Waals surface area contributed by atoms with Gasteiger partial charge < -0.3 is 19.6 Å². The van der Waals surface area contributed by atoms with Crippen molar-refractivity contribution in [1.29, 1.82) is 0 Å². The first kappa shape index (κ1) is 17.5. The molecule has 0 aliphatic heterocycles. The van der Waals surface area contributed by atoms with Crippen LogP contribution in [0.25, 0.3) is 6.08 Å². The summed E-state index contributed by atoms with van der Waals surface area (Å²) in [4.78, 5) is 37.6. The molecule has 1 heterocycles. The van der Waals surface area contributed by atoms with Crippen LogP contribution in [0.3, 0.4) is 0 Å². The SMILES string of the molecule is CCOC(=O)C(=Cc1[nH]c(C)c(C(=O)OCC)c1C)C(=O)O. The zero-order valence-electron chi connectivity index (χ0n) is 13.0. The number of esters is 2. The summed E-state index contributed by atoms with van der Waals surface area (Å²) in [5.74, 6) is -2.83. The average Bonchev–Trinajstić information content (AvgIpc) is 2.70. The summed E-state index contributed by atoms with van der Waals surface area (Å²) in [6.45, 7) is 6.89. The van der Waals surface area contributed by atoms with Gasteiger partial charge in [0, 0.05) is 11.4 Å². The Kier molecular flexibility index (Phi) is 5.91. The number of ether oxygens (including phenoxy) is 2. The average molecular weight is 309 g/mol. The fourth-order valence-electron chi connectivity index (χ4n) is 1.99. The molecule has 0 unspecified atom stereocenters. The molecular formula is C15H19NO6. The normalized spacial score (nSPS) is 11.2. The first-order valence-corrected chi connectivity index (χ1v) is 6.81.